The molecule has 1 aromatic heterocycles. The van der Waals surface area contributed by atoms with Gasteiger partial charge in [-0.2, -0.15) is 0 Å². The molecule has 1 atom stereocenters. The summed E-state index contributed by atoms with van der Waals surface area (Å²) in [7, 11) is 0. The number of benzene rings is 3. The molecule has 0 saturated carbocycles. The molecule has 1 aliphatic rings. The Bertz CT molecular complexity index is 1580. The average Bonchev–Trinajstić information content (AvgIpc) is 2.98. The number of ether oxygens (including phenoxy) is 2. The van der Waals surface area contributed by atoms with Crippen LogP contribution in [0.5, 0.6) is 5.88 Å². The second-order valence-corrected chi connectivity index (χ2v) is 9.40. The zero-order chi connectivity index (χ0) is 28.1. The predicted octanol–water partition coefficient (Wildman–Crippen LogP) is 4.50. The number of aliphatic imine (C=N–C) groups is 1. The number of fused-ring (bicyclic) bond motifs is 1. The second kappa shape index (κ2) is 12.2. The van der Waals surface area contributed by atoms with Gasteiger partial charge in [0, 0.05) is 30.1 Å². The van der Waals surface area contributed by atoms with E-state index in [-0.39, 0.29) is 24.3 Å². The molecule has 1 fully saturated rings. The van der Waals surface area contributed by atoms with Crippen LogP contribution < -0.4 is 5.56 Å². The number of morpholine rings is 1. The number of halogens is 1. The van der Waals surface area contributed by atoms with Crippen LogP contribution in [0.15, 0.2) is 82.6 Å². The Morgan fingerprint density at radius 3 is 2.40 bits per heavy atom. The summed E-state index contributed by atoms with van der Waals surface area (Å²) in [6, 6.07) is 19.6. The summed E-state index contributed by atoms with van der Waals surface area (Å²) in [5, 5.41) is 12.3. The SMILES string of the molecule is CCOC(=O)c1ccc(-n2c(O)c(C=NCC(c3ccc(F)cc3)N3CCOCC3)c3ccccc3c2=O)cc1. The number of hydrogen-bond donors (Lipinski definition) is 1. The van der Waals surface area contributed by atoms with E-state index in [9.17, 15) is 19.1 Å². The lowest BCUT2D eigenvalue weighted by Gasteiger charge is -2.34. The van der Waals surface area contributed by atoms with Crippen molar-refractivity contribution in [2.24, 2.45) is 4.99 Å². The highest BCUT2D eigenvalue weighted by Crippen LogP contribution is 2.27. The molecule has 3 aromatic carbocycles. The first kappa shape index (κ1) is 27.2. The van der Waals surface area contributed by atoms with Crippen molar-refractivity contribution in [3.8, 4) is 11.6 Å². The quantitative estimate of drug-likeness (QED) is 0.260. The van der Waals surface area contributed by atoms with Crippen molar-refractivity contribution in [2.75, 3.05) is 39.5 Å². The fourth-order valence-electron chi connectivity index (χ4n) is 4.94. The van der Waals surface area contributed by atoms with Crippen LogP contribution in [0.4, 0.5) is 4.39 Å². The Morgan fingerprint density at radius 2 is 1.73 bits per heavy atom. The molecule has 206 valence electrons. The van der Waals surface area contributed by atoms with Gasteiger partial charge in [-0.05, 0) is 55.0 Å². The lowest BCUT2D eigenvalue weighted by atomic mass is 10.0. The number of esters is 1. The number of pyridine rings is 1. The zero-order valence-electron chi connectivity index (χ0n) is 22.1. The van der Waals surface area contributed by atoms with Crippen LogP contribution >= 0.6 is 0 Å². The highest BCUT2D eigenvalue weighted by molar-refractivity contribution is 6.01. The van der Waals surface area contributed by atoms with Gasteiger partial charge in [-0.3, -0.25) is 14.7 Å². The van der Waals surface area contributed by atoms with Crippen molar-refractivity contribution in [3.05, 3.63) is 106 Å². The first-order valence-corrected chi connectivity index (χ1v) is 13.2. The van der Waals surface area contributed by atoms with Gasteiger partial charge >= 0.3 is 5.97 Å². The van der Waals surface area contributed by atoms with E-state index in [4.69, 9.17) is 14.5 Å². The normalized spacial score (nSPS) is 14.9. The van der Waals surface area contributed by atoms with Gasteiger partial charge in [0.2, 0.25) is 5.88 Å². The molecule has 8 nitrogen and oxygen atoms in total. The minimum Gasteiger partial charge on any atom is -0.494 e. The predicted molar refractivity (Wildman–Crippen MR) is 151 cm³/mol. The van der Waals surface area contributed by atoms with Crippen LogP contribution in [-0.4, -0.2) is 66.2 Å². The molecule has 9 heteroatoms. The Morgan fingerprint density at radius 1 is 1.05 bits per heavy atom. The van der Waals surface area contributed by atoms with Crippen LogP contribution in [0, 0.1) is 5.82 Å². The van der Waals surface area contributed by atoms with Crippen molar-refractivity contribution in [1.29, 1.82) is 0 Å². The second-order valence-electron chi connectivity index (χ2n) is 9.40. The van der Waals surface area contributed by atoms with Crippen molar-refractivity contribution in [3.63, 3.8) is 0 Å². The number of hydrogen-bond acceptors (Lipinski definition) is 7. The van der Waals surface area contributed by atoms with Crippen molar-refractivity contribution < 1.29 is 23.8 Å². The minimum absolute atomic E-state index is 0.115. The van der Waals surface area contributed by atoms with Gasteiger partial charge in [0.1, 0.15) is 5.82 Å². The van der Waals surface area contributed by atoms with Gasteiger partial charge in [0.15, 0.2) is 0 Å². The van der Waals surface area contributed by atoms with Gasteiger partial charge in [0.25, 0.3) is 5.56 Å². The average molecular weight is 544 g/mol. The van der Waals surface area contributed by atoms with E-state index < -0.39 is 11.5 Å². The van der Waals surface area contributed by atoms with E-state index in [2.05, 4.69) is 4.90 Å². The summed E-state index contributed by atoms with van der Waals surface area (Å²) >= 11 is 0. The number of rotatable bonds is 8. The molecule has 0 radical (unpaired) electrons. The lowest BCUT2D eigenvalue weighted by Crippen LogP contribution is -2.40. The molecule has 4 aromatic rings. The maximum atomic E-state index is 13.6. The van der Waals surface area contributed by atoms with Gasteiger partial charge in [-0.1, -0.05) is 30.3 Å². The molecule has 1 saturated heterocycles. The Kier molecular flexibility index (Phi) is 8.33. The third kappa shape index (κ3) is 5.66. The van der Waals surface area contributed by atoms with Crippen LogP contribution in [0.3, 0.4) is 0 Å². The maximum Gasteiger partial charge on any atom is 0.338 e. The molecule has 1 unspecified atom stereocenters. The van der Waals surface area contributed by atoms with E-state index >= 15 is 0 Å². The Hall–Kier alpha value is -4.34. The molecular weight excluding hydrogens is 513 g/mol. The molecule has 40 heavy (non-hydrogen) atoms. The van der Waals surface area contributed by atoms with E-state index in [1.54, 1.807) is 73.8 Å². The molecule has 0 spiro atoms. The molecule has 5 rings (SSSR count). The van der Waals surface area contributed by atoms with Crippen molar-refractivity contribution in [2.45, 2.75) is 13.0 Å². The molecule has 0 bridgehead atoms. The highest BCUT2D eigenvalue weighted by atomic mass is 19.1. The molecular formula is C31H30FN3O5. The van der Waals surface area contributed by atoms with E-state index in [0.29, 0.717) is 47.3 Å². The van der Waals surface area contributed by atoms with Crippen molar-refractivity contribution in [1.82, 2.24) is 9.47 Å². The number of carbonyl (C=O) groups excluding carboxylic acids is 1. The first-order valence-electron chi connectivity index (χ1n) is 13.2. The van der Waals surface area contributed by atoms with E-state index in [1.165, 1.54) is 16.7 Å². The summed E-state index contributed by atoms with van der Waals surface area (Å²) < 4.78 is 25.4. The maximum absolute atomic E-state index is 13.6. The van der Waals surface area contributed by atoms with Gasteiger partial charge in [0.05, 0.1) is 49.2 Å². The van der Waals surface area contributed by atoms with Crippen LogP contribution in [0.2, 0.25) is 0 Å². The molecule has 0 amide bonds. The number of aromatic hydroxyl groups is 1. The third-order valence-corrected chi connectivity index (χ3v) is 6.98. The largest absolute Gasteiger partial charge is 0.494 e. The Labute approximate surface area is 230 Å². The summed E-state index contributed by atoms with van der Waals surface area (Å²) in [5.41, 5.74) is 1.67. The van der Waals surface area contributed by atoms with Gasteiger partial charge < -0.3 is 14.6 Å². The standard InChI is InChI=1S/C31H30FN3O5/c1-2-40-31(38)22-9-13-24(14-10-22)35-29(36)26-6-4-3-5-25(26)27(30(35)37)19-33-20-28(34-15-17-39-18-16-34)21-7-11-23(32)12-8-21/h3-14,19,28,37H,2,15-18,20H2,1H3. The minimum atomic E-state index is -0.465. The fourth-order valence-corrected chi connectivity index (χ4v) is 4.94. The molecule has 1 N–H and O–H groups in total. The zero-order valence-corrected chi connectivity index (χ0v) is 22.1. The Balaban J connectivity index is 1.52. The highest BCUT2D eigenvalue weighted by Gasteiger charge is 2.23. The smallest absolute Gasteiger partial charge is 0.338 e. The number of aromatic nitrogens is 1. The molecule has 0 aliphatic carbocycles. The molecule has 1 aliphatic heterocycles. The summed E-state index contributed by atoms with van der Waals surface area (Å²) in [6.45, 7) is 4.98. The molecule has 2 heterocycles. The third-order valence-electron chi connectivity index (χ3n) is 6.98. The van der Waals surface area contributed by atoms with Crippen LogP contribution in [0.25, 0.3) is 16.5 Å². The summed E-state index contributed by atoms with van der Waals surface area (Å²) in [6.07, 6.45) is 1.58. The summed E-state index contributed by atoms with van der Waals surface area (Å²) in [4.78, 5) is 32.5. The first-order chi connectivity index (χ1) is 19.5. The van der Waals surface area contributed by atoms with Crippen LogP contribution in [-0.2, 0) is 9.47 Å². The number of nitrogens with zero attached hydrogens (tertiary/aromatic N) is 3. The van der Waals surface area contributed by atoms with Gasteiger partial charge in [-0.25, -0.2) is 13.8 Å². The van der Waals surface area contributed by atoms with Gasteiger partial charge in [-0.15, -0.1) is 0 Å². The van der Waals surface area contributed by atoms with Crippen molar-refractivity contribution >= 4 is 23.0 Å². The summed E-state index contributed by atoms with van der Waals surface area (Å²) in [5.74, 6) is -1.03. The lowest BCUT2D eigenvalue weighted by molar-refractivity contribution is 0.0180. The van der Waals surface area contributed by atoms with E-state index in [0.717, 1.165) is 18.7 Å². The van der Waals surface area contributed by atoms with E-state index in [1.807, 2.05) is 0 Å². The van der Waals surface area contributed by atoms with Crippen LogP contribution in [0.1, 0.15) is 34.5 Å². The fraction of sp³-hybridized carbons (Fsp3) is 0.258. The topological polar surface area (TPSA) is 93.4 Å². The number of carbonyl (C=O) groups is 1. The monoisotopic (exact) mass is 543 g/mol.